The van der Waals surface area contributed by atoms with Gasteiger partial charge in [-0.15, -0.1) is 0 Å². The average molecular weight is 639 g/mol. The summed E-state index contributed by atoms with van der Waals surface area (Å²) >= 11 is 0. The van der Waals surface area contributed by atoms with Crippen LogP contribution in [0.1, 0.15) is 138 Å². The Balaban J connectivity index is 0.000000756. The summed E-state index contributed by atoms with van der Waals surface area (Å²) in [6.45, 7) is 27.7. The molecule has 0 aliphatic heterocycles. The molecule has 0 aromatic heterocycles. The van der Waals surface area contributed by atoms with Crippen molar-refractivity contribution in [3.05, 3.63) is 117 Å². The van der Waals surface area contributed by atoms with Crippen molar-refractivity contribution in [3.63, 3.8) is 0 Å². The second-order valence-corrected chi connectivity index (χ2v) is 16.5. The van der Waals surface area contributed by atoms with Crippen molar-refractivity contribution in [1.29, 1.82) is 0 Å². The van der Waals surface area contributed by atoms with Gasteiger partial charge in [-0.1, -0.05) is 106 Å². The van der Waals surface area contributed by atoms with Gasteiger partial charge in [0.2, 0.25) is 0 Å². The Morgan fingerprint density at radius 1 is 0.489 bits per heavy atom. The zero-order valence-corrected chi connectivity index (χ0v) is 31.0. The van der Waals surface area contributed by atoms with Crippen LogP contribution in [0.4, 0.5) is 0 Å². The molecule has 0 aliphatic rings. The molecule has 0 heterocycles. The van der Waals surface area contributed by atoms with Crippen molar-refractivity contribution < 1.29 is 20.4 Å². The fourth-order valence-corrected chi connectivity index (χ4v) is 6.54. The molecule has 4 aromatic carbocycles. The molecule has 0 fully saturated rings. The first-order chi connectivity index (χ1) is 21.5. The maximum Gasteiger partial charge on any atom is 0.119 e. The second kappa shape index (κ2) is 14.1. The molecule has 4 N–H and O–H groups in total. The van der Waals surface area contributed by atoms with Crippen LogP contribution in [0, 0.1) is 20.8 Å². The molecule has 0 radical (unpaired) electrons. The number of hydrogen-bond donors (Lipinski definition) is 4. The number of aryl methyl sites for hydroxylation is 3. The van der Waals surface area contributed by atoms with E-state index in [9.17, 15) is 15.3 Å². The quantitative estimate of drug-likeness (QED) is 0.175. The molecule has 47 heavy (non-hydrogen) atoms. The number of para-hydroxylation sites is 1. The van der Waals surface area contributed by atoms with Gasteiger partial charge in [0.15, 0.2) is 0 Å². The van der Waals surface area contributed by atoms with Crippen molar-refractivity contribution in [1.82, 2.24) is 0 Å². The molecule has 254 valence electrons. The molecule has 0 amide bonds. The number of rotatable bonds is 5. The van der Waals surface area contributed by atoms with Gasteiger partial charge in [-0.2, -0.15) is 0 Å². The second-order valence-electron chi connectivity index (χ2n) is 16.5. The minimum absolute atomic E-state index is 0.0460. The molecular weight excluding hydrogens is 580 g/mol. The molecule has 4 nitrogen and oxygen atoms in total. The Morgan fingerprint density at radius 2 is 0.809 bits per heavy atom. The van der Waals surface area contributed by atoms with E-state index in [2.05, 4.69) is 108 Å². The van der Waals surface area contributed by atoms with E-state index in [1.165, 1.54) is 16.7 Å². The lowest BCUT2D eigenvalue weighted by Gasteiger charge is -2.31. The first-order valence-corrected chi connectivity index (χ1v) is 16.8. The van der Waals surface area contributed by atoms with E-state index < -0.39 is 0 Å². The number of aromatic hydroxyl groups is 4. The van der Waals surface area contributed by atoms with Gasteiger partial charge in [-0.25, -0.2) is 0 Å². The summed E-state index contributed by atoms with van der Waals surface area (Å²) in [6.07, 6.45) is 0.847. The van der Waals surface area contributed by atoms with E-state index in [4.69, 9.17) is 5.11 Å². The van der Waals surface area contributed by atoms with Gasteiger partial charge in [0, 0.05) is 5.92 Å². The van der Waals surface area contributed by atoms with Crippen molar-refractivity contribution in [2.24, 2.45) is 0 Å². The van der Waals surface area contributed by atoms with E-state index in [0.717, 1.165) is 39.8 Å². The lowest BCUT2D eigenvalue weighted by Crippen LogP contribution is -2.17. The Hall–Kier alpha value is -3.92. The molecule has 0 saturated carbocycles. The van der Waals surface area contributed by atoms with Crippen LogP contribution in [-0.2, 0) is 16.2 Å². The van der Waals surface area contributed by atoms with Crippen LogP contribution in [-0.4, -0.2) is 20.4 Å². The fraction of sp³-hybridized carbons (Fsp3) is 0.442. The number of phenols is 4. The van der Waals surface area contributed by atoms with Crippen LogP contribution in [0.2, 0.25) is 0 Å². The average Bonchev–Trinajstić information content (AvgIpc) is 2.91. The highest BCUT2D eigenvalue weighted by Crippen LogP contribution is 2.45. The summed E-state index contributed by atoms with van der Waals surface area (Å²) in [6, 6.07) is 21.1. The van der Waals surface area contributed by atoms with Gasteiger partial charge in [0.25, 0.3) is 0 Å². The monoisotopic (exact) mass is 638 g/mol. The van der Waals surface area contributed by atoms with Gasteiger partial charge in [-0.3, -0.25) is 0 Å². The number of hydrogen-bond acceptors (Lipinski definition) is 4. The molecule has 0 aliphatic carbocycles. The molecule has 4 heteroatoms. The first-order valence-electron chi connectivity index (χ1n) is 16.8. The van der Waals surface area contributed by atoms with E-state index in [1.807, 2.05) is 24.3 Å². The predicted octanol–water partition coefficient (Wildman–Crippen LogP) is 11.3. The number of phenolic OH excluding ortho intramolecular Hbond substituents is 4. The van der Waals surface area contributed by atoms with E-state index in [1.54, 1.807) is 24.3 Å². The fourth-order valence-electron chi connectivity index (χ4n) is 6.54. The lowest BCUT2D eigenvalue weighted by molar-refractivity contribution is 0.444. The third-order valence-corrected chi connectivity index (χ3v) is 9.20. The van der Waals surface area contributed by atoms with Crippen molar-refractivity contribution in [2.75, 3.05) is 0 Å². The van der Waals surface area contributed by atoms with E-state index in [0.29, 0.717) is 23.0 Å². The Morgan fingerprint density at radius 3 is 1.11 bits per heavy atom. The minimum Gasteiger partial charge on any atom is -0.508 e. The third-order valence-electron chi connectivity index (χ3n) is 9.20. The third kappa shape index (κ3) is 9.12. The summed E-state index contributed by atoms with van der Waals surface area (Å²) in [7, 11) is 0. The Kier molecular flexibility index (Phi) is 11.2. The van der Waals surface area contributed by atoms with Crippen LogP contribution >= 0.6 is 0 Å². The summed E-state index contributed by atoms with van der Waals surface area (Å²) < 4.78 is 0. The smallest absolute Gasteiger partial charge is 0.119 e. The van der Waals surface area contributed by atoms with Crippen molar-refractivity contribution in [3.8, 4) is 23.0 Å². The summed E-state index contributed by atoms with van der Waals surface area (Å²) in [5.74, 6) is 1.59. The van der Waals surface area contributed by atoms with Crippen molar-refractivity contribution >= 4 is 0 Å². The maximum absolute atomic E-state index is 10.9. The lowest BCUT2D eigenvalue weighted by atomic mass is 9.74. The van der Waals surface area contributed by atoms with Gasteiger partial charge < -0.3 is 20.4 Å². The SMILES string of the molecule is Cc1cc(O)c(C(C)(C)C)cc1C(C)CC(c1cc(C(C)(C)C)c(O)cc1C)c1cc(C(C)(C)C)c(O)cc1C.Oc1ccccc1. The first kappa shape index (κ1) is 37.5. The van der Waals surface area contributed by atoms with Crippen LogP contribution in [0.25, 0.3) is 0 Å². The van der Waals surface area contributed by atoms with Crippen molar-refractivity contribution in [2.45, 2.75) is 125 Å². The molecule has 0 saturated heterocycles. The van der Waals surface area contributed by atoms with Crippen LogP contribution in [0.15, 0.2) is 66.7 Å². The van der Waals surface area contributed by atoms with Crippen LogP contribution in [0.3, 0.4) is 0 Å². The zero-order valence-electron chi connectivity index (χ0n) is 31.0. The van der Waals surface area contributed by atoms with E-state index >= 15 is 0 Å². The van der Waals surface area contributed by atoms with E-state index in [-0.39, 0.29) is 28.1 Å². The maximum atomic E-state index is 10.9. The highest BCUT2D eigenvalue weighted by molar-refractivity contribution is 5.53. The van der Waals surface area contributed by atoms with Gasteiger partial charge >= 0.3 is 0 Å². The van der Waals surface area contributed by atoms with Crippen LogP contribution < -0.4 is 0 Å². The van der Waals surface area contributed by atoms with Gasteiger partial charge in [0.05, 0.1) is 0 Å². The standard InChI is InChI=1S/C37H52O3.C6H6O/c1-21(25-18-29(35(5,6)7)32(38)15-22(25)2)14-28(26-19-30(36(8,9)10)33(39)16-23(26)3)27-20-31(37(11,12)13)34(40)17-24(27)4;7-6-4-2-1-3-5-6/h15-21,28,38-40H,14H2,1-13H3;1-5,7H. The zero-order chi connectivity index (χ0) is 35.6. The number of benzene rings is 4. The minimum atomic E-state index is -0.210. The predicted molar refractivity (Wildman–Crippen MR) is 198 cm³/mol. The molecule has 1 atom stereocenters. The summed E-state index contributed by atoms with van der Waals surface area (Å²) in [5, 5.41) is 41.2. The van der Waals surface area contributed by atoms with Gasteiger partial charge in [-0.05, 0) is 130 Å². The molecule has 0 spiro atoms. The van der Waals surface area contributed by atoms with Crippen LogP contribution in [0.5, 0.6) is 23.0 Å². The highest BCUT2D eigenvalue weighted by atomic mass is 16.3. The largest absolute Gasteiger partial charge is 0.508 e. The summed E-state index contributed by atoms with van der Waals surface area (Å²) in [5.41, 5.74) is 9.11. The molecule has 4 aromatic rings. The molecule has 4 rings (SSSR count). The topological polar surface area (TPSA) is 80.9 Å². The molecular formula is C43H58O4. The van der Waals surface area contributed by atoms with Gasteiger partial charge in [0.1, 0.15) is 23.0 Å². The highest BCUT2D eigenvalue weighted by Gasteiger charge is 2.30. The summed E-state index contributed by atoms with van der Waals surface area (Å²) in [4.78, 5) is 0. The Labute approximate surface area is 284 Å². The molecule has 0 bridgehead atoms. The normalized spacial score (nSPS) is 12.9. The Bertz CT molecular complexity index is 1610. The molecule has 1 unspecified atom stereocenters.